The highest BCUT2D eigenvalue weighted by Gasteiger charge is 2.48. The first-order chi connectivity index (χ1) is 18.9. The van der Waals surface area contributed by atoms with E-state index in [9.17, 15) is 18.4 Å². The van der Waals surface area contributed by atoms with Crippen LogP contribution in [0, 0.1) is 17.0 Å². The predicted octanol–water partition coefficient (Wildman–Crippen LogP) is 4.06. The van der Waals surface area contributed by atoms with Crippen LogP contribution in [0.2, 0.25) is 0 Å². The molecule has 39 heavy (non-hydrogen) atoms. The van der Waals surface area contributed by atoms with E-state index in [-0.39, 0.29) is 11.7 Å². The van der Waals surface area contributed by atoms with Crippen molar-refractivity contribution in [1.82, 2.24) is 19.6 Å². The lowest BCUT2D eigenvalue weighted by Gasteiger charge is -2.24. The van der Waals surface area contributed by atoms with Gasteiger partial charge in [-0.15, -0.1) is 0 Å². The summed E-state index contributed by atoms with van der Waals surface area (Å²) in [5.74, 6) is -2.51. The molecule has 2 aliphatic heterocycles. The normalized spacial score (nSPS) is 19.7. The second kappa shape index (κ2) is 8.98. The first-order valence-corrected chi connectivity index (χ1v) is 13.1. The molecule has 1 amide bonds. The van der Waals surface area contributed by atoms with Gasteiger partial charge in [0.1, 0.15) is 11.4 Å². The number of benzene rings is 2. The topological polar surface area (TPSA) is 94.3 Å². The Morgan fingerprint density at radius 3 is 2.59 bits per heavy atom. The van der Waals surface area contributed by atoms with Crippen molar-refractivity contribution >= 4 is 28.2 Å². The van der Waals surface area contributed by atoms with Crippen LogP contribution in [0.4, 0.5) is 20.2 Å². The average molecular weight is 533 g/mol. The summed E-state index contributed by atoms with van der Waals surface area (Å²) in [6.45, 7) is 3.09. The summed E-state index contributed by atoms with van der Waals surface area (Å²) in [6.07, 6.45) is 6.25. The minimum Gasteiger partial charge on any atom is -0.379 e. The number of para-hydroxylation sites is 1. The molecular formula is C28H26F2N6O3. The molecular weight excluding hydrogens is 506 g/mol. The SMILES string of the molecule is O=C(Nc1ccc2c(cnn2[C@@H]2CCOC2)c1N1CCC2(CC2)C1)c1ccc(=O)n(-c2c(F)cccc2F)n1. The molecule has 2 saturated heterocycles. The van der Waals surface area contributed by atoms with Gasteiger partial charge >= 0.3 is 0 Å². The Hall–Kier alpha value is -4.12. The lowest BCUT2D eigenvalue weighted by molar-refractivity contribution is 0.102. The van der Waals surface area contributed by atoms with Crippen LogP contribution in [0.3, 0.4) is 0 Å². The van der Waals surface area contributed by atoms with Gasteiger partial charge in [-0.05, 0) is 61.4 Å². The van der Waals surface area contributed by atoms with E-state index in [4.69, 9.17) is 4.74 Å². The van der Waals surface area contributed by atoms with Gasteiger partial charge in [-0.2, -0.15) is 14.9 Å². The number of fused-ring (bicyclic) bond motifs is 1. The molecule has 1 spiro atoms. The van der Waals surface area contributed by atoms with Crippen LogP contribution in [-0.4, -0.2) is 51.8 Å². The van der Waals surface area contributed by atoms with Crippen molar-refractivity contribution in [3.63, 3.8) is 0 Å². The number of nitrogens with one attached hydrogen (secondary N) is 1. The second-order valence-electron chi connectivity index (χ2n) is 10.7. The van der Waals surface area contributed by atoms with Gasteiger partial charge in [0, 0.05) is 31.1 Å². The Kier molecular flexibility index (Phi) is 5.51. The molecule has 9 nitrogen and oxygen atoms in total. The van der Waals surface area contributed by atoms with Crippen LogP contribution < -0.4 is 15.8 Å². The summed E-state index contributed by atoms with van der Waals surface area (Å²) >= 11 is 0. The molecule has 4 aromatic rings. The van der Waals surface area contributed by atoms with Crippen LogP contribution >= 0.6 is 0 Å². The van der Waals surface area contributed by atoms with Gasteiger partial charge in [-0.25, -0.2) is 8.78 Å². The molecule has 11 heteroatoms. The molecule has 3 fully saturated rings. The lowest BCUT2D eigenvalue weighted by Crippen LogP contribution is -2.27. The molecule has 0 bridgehead atoms. The van der Waals surface area contributed by atoms with Gasteiger partial charge in [0.05, 0.1) is 35.7 Å². The molecule has 0 radical (unpaired) electrons. The van der Waals surface area contributed by atoms with E-state index in [1.807, 2.05) is 23.0 Å². The van der Waals surface area contributed by atoms with Gasteiger partial charge in [-0.3, -0.25) is 14.3 Å². The van der Waals surface area contributed by atoms with Crippen LogP contribution in [0.1, 0.15) is 42.2 Å². The number of nitrogens with zero attached hydrogens (tertiary/aromatic N) is 5. The smallest absolute Gasteiger partial charge is 0.276 e. The molecule has 1 atom stereocenters. The summed E-state index contributed by atoms with van der Waals surface area (Å²) in [6, 6.07) is 9.52. The van der Waals surface area contributed by atoms with E-state index in [2.05, 4.69) is 20.4 Å². The number of amides is 1. The molecule has 7 rings (SSSR count). The van der Waals surface area contributed by atoms with Gasteiger partial charge in [-0.1, -0.05) is 6.07 Å². The van der Waals surface area contributed by atoms with Gasteiger partial charge in [0.2, 0.25) is 0 Å². The van der Waals surface area contributed by atoms with Gasteiger partial charge < -0.3 is 15.0 Å². The summed E-state index contributed by atoms with van der Waals surface area (Å²) in [4.78, 5) is 28.1. The highest BCUT2D eigenvalue weighted by molar-refractivity contribution is 6.09. The largest absolute Gasteiger partial charge is 0.379 e. The zero-order chi connectivity index (χ0) is 26.7. The van der Waals surface area contributed by atoms with E-state index in [0.717, 1.165) is 60.7 Å². The maximum atomic E-state index is 14.4. The fourth-order valence-corrected chi connectivity index (χ4v) is 5.84. The highest BCUT2D eigenvalue weighted by atomic mass is 19.1. The maximum absolute atomic E-state index is 14.4. The second-order valence-corrected chi connectivity index (χ2v) is 10.7. The Balaban J connectivity index is 1.27. The van der Waals surface area contributed by atoms with E-state index < -0.39 is 28.8 Å². The van der Waals surface area contributed by atoms with Crippen LogP contribution in [-0.2, 0) is 4.74 Å². The fourth-order valence-electron chi connectivity index (χ4n) is 5.84. The zero-order valence-electron chi connectivity index (χ0n) is 21.1. The van der Waals surface area contributed by atoms with Gasteiger partial charge in [0.15, 0.2) is 11.6 Å². The average Bonchev–Trinajstić information content (AvgIpc) is 3.28. The lowest BCUT2D eigenvalue weighted by atomic mass is 10.1. The molecule has 4 heterocycles. The summed E-state index contributed by atoms with van der Waals surface area (Å²) in [5.41, 5.74) is 1.26. The number of carbonyl (C=O) groups excluding carboxylic acids is 1. The fraction of sp³-hybridized carbons (Fsp3) is 0.357. The number of hydrogen-bond acceptors (Lipinski definition) is 6. The zero-order valence-corrected chi connectivity index (χ0v) is 21.1. The van der Waals surface area contributed by atoms with Crippen molar-refractivity contribution in [2.75, 3.05) is 36.5 Å². The molecule has 200 valence electrons. The van der Waals surface area contributed by atoms with Crippen LogP contribution in [0.15, 0.2) is 53.5 Å². The molecule has 1 aliphatic carbocycles. The number of ether oxygens (including phenoxy) is 1. The van der Waals surface area contributed by atoms with Crippen molar-refractivity contribution in [3.05, 3.63) is 76.3 Å². The standard InChI is InChI=1S/C28H26F2N6O3/c29-19-2-1-3-20(30)26(19)36-24(37)7-5-22(33-36)27(38)32-21-4-6-23-18(14-31-35(23)17-8-13-39-15-17)25(21)34-12-11-28(16-34)9-10-28/h1-7,14,17H,8-13,15-16H2,(H,32,38)/t17-/m1/s1. The third kappa shape index (κ3) is 4.08. The number of anilines is 2. The minimum atomic E-state index is -0.956. The molecule has 2 aromatic heterocycles. The molecule has 1 saturated carbocycles. The highest BCUT2D eigenvalue weighted by Crippen LogP contribution is 2.54. The van der Waals surface area contributed by atoms with Gasteiger partial charge in [0.25, 0.3) is 11.5 Å². The van der Waals surface area contributed by atoms with Crippen molar-refractivity contribution in [2.24, 2.45) is 5.41 Å². The van der Waals surface area contributed by atoms with Crippen molar-refractivity contribution in [3.8, 4) is 5.69 Å². The minimum absolute atomic E-state index is 0.151. The maximum Gasteiger partial charge on any atom is 0.276 e. The molecule has 2 aromatic carbocycles. The first-order valence-electron chi connectivity index (χ1n) is 13.1. The predicted molar refractivity (Wildman–Crippen MR) is 140 cm³/mol. The first kappa shape index (κ1) is 24.0. The quantitative estimate of drug-likeness (QED) is 0.417. The monoisotopic (exact) mass is 532 g/mol. The van der Waals surface area contributed by atoms with Crippen LogP contribution in [0.5, 0.6) is 0 Å². The Labute approximate surface area is 222 Å². The van der Waals surface area contributed by atoms with E-state index in [0.29, 0.717) is 29.0 Å². The number of halogens is 2. The molecule has 1 N–H and O–H groups in total. The Morgan fingerprint density at radius 2 is 1.87 bits per heavy atom. The Bertz CT molecular complexity index is 1650. The van der Waals surface area contributed by atoms with Crippen molar-refractivity contribution in [2.45, 2.75) is 31.7 Å². The van der Waals surface area contributed by atoms with Crippen molar-refractivity contribution < 1.29 is 18.3 Å². The summed E-state index contributed by atoms with van der Waals surface area (Å²) in [5, 5.41) is 12.6. The molecule has 3 aliphatic rings. The Morgan fingerprint density at radius 1 is 1.05 bits per heavy atom. The third-order valence-corrected chi connectivity index (χ3v) is 8.15. The third-order valence-electron chi connectivity index (χ3n) is 8.15. The summed E-state index contributed by atoms with van der Waals surface area (Å²) in [7, 11) is 0. The van der Waals surface area contributed by atoms with Crippen LogP contribution in [0.25, 0.3) is 16.6 Å². The van der Waals surface area contributed by atoms with E-state index >= 15 is 0 Å². The summed E-state index contributed by atoms with van der Waals surface area (Å²) < 4.78 is 36.9. The number of hydrogen-bond donors (Lipinski definition) is 1. The molecule has 0 unspecified atom stereocenters. The van der Waals surface area contributed by atoms with E-state index in [1.165, 1.54) is 25.0 Å². The number of carbonyl (C=O) groups is 1. The number of rotatable bonds is 5. The van der Waals surface area contributed by atoms with E-state index in [1.54, 1.807) is 0 Å². The number of aromatic nitrogens is 4. The van der Waals surface area contributed by atoms with Crippen molar-refractivity contribution in [1.29, 1.82) is 0 Å².